The van der Waals surface area contributed by atoms with Gasteiger partial charge in [-0.2, -0.15) is 0 Å². The first-order valence-electron chi connectivity index (χ1n) is 3.64. The van der Waals surface area contributed by atoms with Crippen molar-refractivity contribution in [3.05, 3.63) is 0 Å². The number of nitrogens with two attached hydrogens (primary N) is 1. The predicted molar refractivity (Wildman–Crippen MR) is 41.3 cm³/mol. The van der Waals surface area contributed by atoms with E-state index in [9.17, 15) is 8.78 Å². The molecule has 0 radical (unpaired) electrons. The van der Waals surface area contributed by atoms with Gasteiger partial charge in [0.25, 0.3) is 6.43 Å². The average molecular weight is 183 g/mol. The third-order valence-electron chi connectivity index (χ3n) is 1.34. The Balaban J connectivity index is 3.47. The third-order valence-corrected chi connectivity index (χ3v) is 1.34. The van der Waals surface area contributed by atoms with Gasteiger partial charge in [-0.1, -0.05) is 0 Å². The Bertz CT molecular complexity index is 120. The highest BCUT2D eigenvalue weighted by atomic mass is 19.3. The molecular formula is C7H15F2NO2. The van der Waals surface area contributed by atoms with Crippen molar-refractivity contribution < 1.29 is 18.3 Å². The molecule has 2 N–H and O–H groups in total. The Kier molecular flexibility index (Phi) is 5.28. The molecule has 0 spiro atoms. The molecule has 74 valence electrons. The van der Waals surface area contributed by atoms with E-state index in [-0.39, 0.29) is 13.2 Å². The first-order valence-corrected chi connectivity index (χ1v) is 3.64. The van der Waals surface area contributed by atoms with Gasteiger partial charge in [0.05, 0.1) is 25.4 Å². The number of hydrogen-bond acceptors (Lipinski definition) is 3. The van der Waals surface area contributed by atoms with Crippen molar-refractivity contribution in [1.82, 2.24) is 0 Å². The maximum atomic E-state index is 12.1. The lowest BCUT2D eigenvalue weighted by Crippen LogP contribution is -2.48. The molecule has 0 fully saturated rings. The molecule has 0 bridgehead atoms. The Labute approximate surface area is 70.8 Å². The zero-order valence-electron chi connectivity index (χ0n) is 7.35. The van der Waals surface area contributed by atoms with Crippen LogP contribution in [0.25, 0.3) is 0 Å². The van der Waals surface area contributed by atoms with Crippen LogP contribution in [0.3, 0.4) is 0 Å². The average Bonchev–Trinajstić information content (AvgIpc) is 1.98. The summed E-state index contributed by atoms with van der Waals surface area (Å²) < 4.78 is 33.7. The molecular weight excluding hydrogens is 168 g/mol. The third kappa shape index (κ3) is 4.58. The summed E-state index contributed by atoms with van der Waals surface area (Å²) in [7, 11) is 1.51. The van der Waals surface area contributed by atoms with Gasteiger partial charge in [-0.15, -0.1) is 0 Å². The fraction of sp³-hybridized carbons (Fsp3) is 1.00. The van der Waals surface area contributed by atoms with Crippen molar-refractivity contribution in [3.63, 3.8) is 0 Å². The van der Waals surface area contributed by atoms with Gasteiger partial charge in [-0.25, -0.2) is 8.78 Å². The molecule has 0 aliphatic heterocycles. The van der Waals surface area contributed by atoms with Gasteiger partial charge < -0.3 is 15.2 Å². The van der Waals surface area contributed by atoms with E-state index >= 15 is 0 Å². The van der Waals surface area contributed by atoms with Crippen molar-refractivity contribution >= 4 is 0 Å². The summed E-state index contributed by atoms with van der Waals surface area (Å²) in [5.41, 5.74) is 3.66. The van der Waals surface area contributed by atoms with Crippen LogP contribution >= 0.6 is 0 Å². The van der Waals surface area contributed by atoms with Crippen LogP contribution in [0.4, 0.5) is 8.78 Å². The van der Waals surface area contributed by atoms with Crippen molar-refractivity contribution in [2.75, 3.05) is 26.9 Å². The van der Waals surface area contributed by atoms with Gasteiger partial charge in [-0.3, -0.25) is 0 Å². The fourth-order valence-electron chi connectivity index (χ4n) is 0.497. The second-order valence-corrected chi connectivity index (χ2v) is 2.85. The zero-order valence-corrected chi connectivity index (χ0v) is 7.35. The molecule has 0 aliphatic rings. The first kappa shape index (κ1) is 11.7. The quantitative estimate of drug-likeness (QED) is 0.614. The van der Waals surface area contributed by atoms with Crippen molar-refractivity contribution in [3.8, 4) is 0 Å². The van der Waals surface area contributed by atoms with E-state index in [0.29, 0.717) is 6.61 Å². The molecule has 1 unspecified atom stereocenters. The number of ether oxygens (including phenoxy) is 2. The Hall–Kier alpha value is -0.260. The molecule has 12 heavy (non-hydrogen) atoms. The zero-order chi connectivity index (χ0) is 9.61. The van der Waals surface area contributed by atoms with Crippen molar-refractivity contribution in [2.24, 2.45) is 5.73 Å². The molecule has 0 amide bonds. The summed E-state index contributed by atoms with van der Waals surface area (Å²) in [4.78, 5) is 0. The molecule has 5 heteroatoms. The van der Waals surface area contributed by atoms with Gasteiger partial charge in [0.15, 0.2) is 0 Å². The van der Waals surface area contributed by atoms with E-state index in [0.717, 1.165) is 0 Å². The second-order valence-electron chi connectivity index (χ2n) is 2.85. The molecule has 0 aromatic carbocycles. The van der Waals surface area contributed by atoms with Crippen molar-refractivity contribution in [2.45, 2.75) is 18.9 Å². The maximum Gasteiger partial charge on any atom is 0.258 e. The second kappa shape index (κ2) is 5.40. The monoisotopic (exact) mass is 183 g/mol. The molecule has 0 aromatic heterocycles. The number of alkyl halides is 2. The lowest BCUT2D eigenvalue weighted by molar-refractivity contribution is -0.0143. The van der Waals surface area contributed by atoms with Crippen LogP contribution in [0.1, 0.15) is 6.92 Å². The number of rotatable bonds is 6. The van der Waals surface area contributed by atoms with Crippen LogP contribution < -0.4 is 5.73 Å². The minimum atomic E-state index is -2.57. The number of halogens is 2. The Morgan fingerprint density at radius 1 is 1.42 bits per heavy atom. The predicted octanol–water partition coefficient (Wildman–Crippen LogP) is 0.632. The highest BCUT2D eigenvalue weighted by Crippen LogP contribution is 2.11. The molecule has 1 atom stereocenters. The molecule has 0 saturated heterocycles. The summed E-state index contributed by atoms with van der Waals surface area (Å²) in [5, 5.41) is 0. The first-order chi connectivity index (χ1) is 5.50. The summed E-state index contributed by atoms with van der Waals surface area (Å²) in [6.07, 6.45) is -2.57. The summed E-state index contributed by atoms with van der Waals surface area (Å²) in [6.45, 7) is 1.77. The molecule has 0 rings (SSSR count). The largest absolute Gasteiger partial charge is 0.382 e. The number of methoxy groups -OCH3 is 1. The van der Waals surface area contributed by atoms with Gasteiger partial charge in [0.2, 0.25) is 0 Å². The van der Waals surface area contributed by atoms with E-state index in [2.05, 4.69) is 4.74 Å². The molecule has 0 aromatic rings. The Morgan fingerprint density at radius 3 is 2.42 bits per heavy atom. The van der Waals surface area contributed by atoms with Crippen LogP contribution in [0, 0.1) is 0 Å². The van der Waals surface area contributed by atoms with Gasteiger partial charge in [0.1, 0.15) is 0 Å². The van der Waals surface area contributed by atoms with Gasteiger partial charge >= 0.3 is 0 Å². The van der Waals surface area contributed by atoms with E-state index in [4.69, 9.17) is 10.5 Å². The summed E-state index contributed by atoms with van der Waals surface area (Å²) in [5.74, 6) is 0. The van der Waals surface area contributed by atoms with Gasteiger partial charge in [0, 0.05) is 7.11 Å². The fourth-order valence-corrected chi connectivity index (χ4v) is 0.497. The lowest BCUT2D eigenvalue weighted by atomic mass is 10.1. The highest BCUT2D eigenvalue weighted by molar-refractivity contribution is 4.80. The standard InChI is InChI=1S/C7H15F2NO2/c1-7(10,6(8)9)5-12-4-3-11-2/h6H,3-5,10H2,1-2H3. The minimum Gasteiger partial charge on any atom is -0.382 e. The summed E-state index contributed by atoms with van der Waals surface area (Å²) in [6, 6.07) is 0. The minimum absolute atomic E-state index is 0.159. The molecule has 0 saturated carbocycles. The Morgan fingerprint density at radius 2 is 2.00 bits per heavy atom. The van der Waals surface area contributed by atoms with Crippen molar-refractivity contribution in [1.29, 1.82) is 0 Å². The van der Waals surface area contributed by atoms with Crippen LogP contribution in [0.5, 0.6) is 0 Å². The normalized spacial score (nSPS) is 16.5. The van der Waals surface area contributed by atoms with Crippen LogP contribution in [-0.4, -0.2) is 38.9 Å². The molecule has 0 aliphatic carbocycles. The van der Waals surface area contributed by atoms with Crippen LogP contribution in [0.2, 0.25) is 0 Å². The van der Waals surface area contributed by atoms with Crippen LogP contribution in [-0.2, 0) is 9.47 Å². The van der Waals surface area contributed by atoms with E-state index < -0.39 is 12.0 Å². The van der Waals surface area contributed by atoms with Gasteiger partial charge in [-0.05, 0) is 6.92 Å². The SMILES string of the molecule is COCCOCC(C)(N)C(F)F. The van der Waals surface area contributed by atoms with E-state index in [1.165, 1.54) is 14.0 Å². The maximum absolute atomic E-state index is 12.1. The lowest BCUT2D eigenvalue weighted by Gasteiger charge is -2.22. The van der Waals surface area contributed by atoms with Crippen LogP contribution in [0.15, 0.2) is 0 Å². The molecule has 0 heterocycles. The van der Waals surface area contributed by atoms with E-state index in [1.54, 1.807) is 0 Å². The topological polar surface area (TPSA) is 44.5 Å². The number of hydrogen-bond donors (Lipinski definition) is 1. The molecule has 3 nitrogen and oxygen atoms in total. The summed E-state index contributed by atoms with van der Waals surface area (Å²) >= 11 is 0. The van der Waals surface area contributed by atoms with E-state index in [1.807, 2.05) is 0 Å². The highest BCUT2D eigenvalue weighted by Gasteiger charge is 2.30. The smallest absolute Gasteiger partial charge is 0.258 e.